The highest BCUT2D eigenvalue weighted by Gasteiger charge is 2.10. The van der Waals surface area contributed by atoms with Crippen LogP contribution in [0, 0.1) is 0 Å². The van der Waals surface area contributed by atoms with E-state index in [0.717, 1.165) is 27.6 Å². The Bertz CT molecular complexity index is 895. The molecule has 0 fully saturated rings. The Kier molecular flexibility index (Phi) is 6.96. The Morgan fingerprint density at radius 3 is 2.57 bits per heavy atom. The van der Waals surface area contributed by atoms with E-state index in [1.807, 2.05) is 42.5 Å². The van der Waals surface area contributed by atoms with Crippen molar-refractivity contribution in [2.45, 2.75) is 6.54 Å². The Labute approximate surface area is 166 Å². The van der Waals surface area contributed by atoms with Gasteiger partial charge in [0.15, 0.2) is 0 Å². The minimum absolute atomic E-state index is 0.432. The van der Waals surface area contributed by atoms with Crippen molar-refractivity contribution in [1.82, 2.24) is 15.8 Å². The molecule has 1 aromatic carbocycles. The average molecular weight is 399 g/mol. The van der Waals surface area contributed by atoms with Gasteiger partial charge in [-0.15, -0.1) is 11.3 Å². The monoisotopic (exact) mass is 399 g/mol. The molecule has 1 amide bonds. The minimum Gasteiger partial charge on any atom is -0.497 e. The Morgan fingerprint density at radius 1 is 1.11 bits per heavy atom. The molecule has 0 radical (unpaired) electrons. The van der Waals surface area contributed by atoms with E-state index < -0.39 is 5.91 Å². The highest BCUT2D eigenvalue weighted by Crippen LogP contribution is 2.26. The maximum Gasteiger partial charge on any atom is 0.284 e. The van der Waals surface area contributed by atoms with Crippen LogP contribution in [0.4, 0.5) is 0 Å². The number of nitrogens with one attached hydrogen (secondary N) is 2. The summed E-state index contributed by atoms with van der Waals surface area (Å²) in [5.41, 5.74) is 3.47. The second-order valence-electron chi connectivity index (χ2n) is 5.86. The van der Waals surface area contributed by atoms with Gasteiger partial charge in [-0.1, -0.05) is 6.07 Å². The number of amides is 1. The van der Waals surface area contributed by atoms with Crippen LogP contribution in [0.2, 0.25) is 0 Å². The van der Waals surface area contributed by atoms with Crippen molar-refractivity contribution in [1.29, 1.82) is 0 Å². The summed E-state index contributed by atoms with van der Waals surface area (Å²) in [5.74, 6) is 1.09. The molecular formula is C20H21N3O4S. The fraction of sp³-hybridized carbons (Fsp3) is 0.200. The van der Waals surface area contributed by atoms with Crippen LogP contribution in [0.1, 0.15) is 15.2 Å². The van der Waals surface area contributed by atoms with Crippen molar-refractivity contribution in [2.75, 3.05) is 20.3 Å². The molecule has 3 aromatic rings. The first-order valence-corrected chi connectivity index (χ1v) is 9.48. The van der Waals surface area contributed by atoms with Crippen molar-refractivity contribution >= 4 is 17.2 Å². The summed E-state index contributed by atoms with van der Waals surface area (Å²) in [7, 11) is 1.63. The molecule has 0 bridgehead atoms. The highest BCUT2D eigenvalue weighted by molar-refractivity contribution is 7.17. The van der Waals surface area contributed by atoms with Crippen molar-refractivity contribution in [3.8, 4) is 22.1 Å². The number of hydroxylamine groups is 1. The quantitative estimate of drug-likeness (QED) is 0.291. The fourth-order valence-electron chi connectivity index (χ4n) is 2.47. The minimum atomic E-state index is -0.520. The van der Waals surface area contributed by atoms with Crippen LogP contribution in [-0.4, -0.2) is 36.4 Å². The zero-order valence-corrected chi connectivity index (χ0v) is 16.2. The lowest BCUT2D eigenvalue weighted by molar-refractivity contribution is 0.0711. The third-order valence-corrected chi connectivity index (χ3v) is 5.05. The lowest BCUT2D eigenvalue weighted by Crippen LogP contribution is -2.20. The van der Waals surface area contributed by atoms with Gasteiger partial charge >= 0.3 is 0 Å². The number of rotatable bonds is 9. The summed E-state index contributed by atoms with van der Waals surface area (Å²) >= 11 is 1.27. The van der Waals surface area contributed by atoms with E-state index in [-0.39, 0.29) is 0 Å². The summed E-state index contributed by atoms with van der Waals surface area (Å²) in [4.78, 5) is 17.2. The molecule has 2 aromatic heterocycles. The number of methoxy groups -OCH3 is 1. The van der Waals surface area contributed by atoms with Crippen molar-refractivity contribution in [3.05, 3.63) is 65.2 Å². The summed E-state index contributed by atoms with van der Waals surface area (Å²) in [6, 6.07) is 14.9. The number of nitrogens with zero attached hydrogens (tertiary/aromatic N) is 1. The standard InChI is InChI=1S/C20H21N3O4S/c1-26-15-3-5-16(6-4-15)27-11-10-21-12-14-2-7-17(22-13-14)18-8-9-19(28-18)20(24)23-25/h2-9,13,21,25H,10-12H2,1H3,(H,23,24). The van der Waals surface area contributed by atoms with E-state index in [0.29, 0.717) is 24.6 Å². The van der Waals surface area contributed by atoms with E-state index in [2.05, 4.69) is 10.3 Å². The second kappa shape index (κ2) is 9.84. The zero-order valence-electron chi connectivity index (χ0n) is 15.3. The molecule has 28 heavy (non-hydrogen) atoms. The molecule has 0 atom stereocenters. The summed E-state index contributed by atoms with van der Waals surface area (Å²) in [6.07, 6.45) is 1.80. The Hall–Kier alpha value is -2.94. The lowest BCUT2D eigenvalue weighted by Gasteiger charge is -2.08. The largest absolute Gasteiger partial charge is 0.497 e. The van der Waals surface area contributed by atoms with Crippen LogP contribution >= 0.6 is 11.3 Å². The van der Waals surface area contributed by atoms with Crippen LogP contribution in [-0.2, 0) is 6.54 Å². The number of aromatic nitrogens is 1. The predicted octanol–water partition coefficient (Wildman–Crippen LogP) is 3.11. The topological polar surface area (TPSA) is 92.7 Å². The number of pyridine rings is 1. The van der Waals surface area contributed by atoms with Crippen molar-refractivity contribution in [3.63, 3.8) is 0 Å². The van der Waals surface area contributed by atoms with Gasteiger partial charge in [-0.2, -0.15) is 0 Å². The molecule has 0 saturated carbocycles. The van der Waals surface area contributed by atoms with Crippen LogP contribution < -0.4 is 20.3 Å². The maximum absolute atomic E-state index is 11.4. The summed E-state index contributed by atoms with van der Waals surface area (Å²) in [6.45, 7) is 1.95. The van der Waals surface area contributed by atoms with E-state index >= 15 is 0 Å². The number of carbonyl (C=O) groups excluding carboxylic acids is 1. The van der Waals surface area contributed by atoms with Gasteiger partial charge in [-0.05, 0) is 48.0 Å². The molecule has 8 heteroatoms. The summed E-state index contributed by atoms with van der Waals surface area (Å²) in [5, 5.41) is 12.0. The zero-order chi connectivity index (χ0) is 19.8. The lowest BCUT2D eigenvalue weighted by atomic mass is 10.2. The number of ether oxygens (including phenoxy) is 2. The van der Waals surface area contributed by atoms with Crippen LogP contribution in [0.25, 0.3) is 10.6 Å². The third kappa shape index (κ3) is 5.29. The molecule has 3 N–H and O–H groups in total. The first-order valence-electron chi connectivity index (χ1n) is 8.67. The van der Waals surface area contributed by atoms with E-state index in [4.69, 9.17) is 14.7 Å². The molecule has 0 aliphatic heterocycles. The van der Waals surface area contributed by atoms with Gasteiger partial charge in [0.05, 0.1) is 22.6 Å². The van der Waals surface area contributed by atoms with Crippen molar-refractivity contribution < 1.29 is 19.5 Å². The molecule has 0 aliphatic rings. The molecule has 3 rings (SSSR count). The molecule has 7 nitrogen and oxygen atoms in total. The van der Waals surface area contributed by atoms with Gasteiger partial charge in [0, 0.05) is 19.3 Å². The first kappa shape index (κ1) is 19.8. The SMILES string of the molecule is COc1ccc(OCCNCc2ccc(-c3ccc(C(=O)NO)s3)nc2)cc1. The first-order chi connectivity index (χ1) is 13.7. The molecule has 0 aliphatic carbocycles. The molecular weight excluding hydrogens is 378 g/mol. The molecule has 0 saturated heterocycles. The fourth-order valence-corrected chi connectivity index (χ4v) is 3.35. The van der Waals surface area contributed by atoms with E-state index in [1.165, 1.54) is 11.3 Å². The molecule has 2 heterocycles. The van der Waals surface area contributed by atoms with E-state index in [1.54, 1.807) is 24.9 Å². The van der Waals surface area contributed by atoms with Crippen molar-refractivity contribution in [2.24, 2.45) is 0 Å². The number of hydrogen-bond acceptors (Lipinski definition) is 7. The Morgan fingerprint density at radius 2 is 1.89 bits per heavy atom. The summed E-state index contributed by atoms with van der Waals surface area (Å²) < 4.78 is 10.8. The van der Waals surface area contributed by atoms with Gasteiger partial charge in [0.25, 0.3) is 5.91 Å². The van der Waals surface area contributed by atoms with Crippen LogP contribution in [0.15, 0.2) is 54.7 Å². The van der Waals surface area contributed by atoms with Crippen LogP contribution in [0.3, 0.4) is 0 Å². The van der Waals surface area contributed by atoms with Gasteiger partial charge in [0.2, 0.25) is 0 Å². The number of thiophene rings is 1. The second-order valence-corrected chi connectivity index (χ2v) is 6.94. The number of hydrogen-bond donors (Lipinski definition) is 3. The predicted molar refractivity (Wildman–Crippen MR) is 107 cm³/mol. The van der Waals surface area contributed by atoms with E-state index in [9.17, 15) is 4.79 Å². The third-order valence-electron chi connectivity index (χ3n) is 3.94. The smallest absolute Gasteiger partial charge is 0.284 e. The average Bonchev–Trinajstić information content (AvgIpc) is 3.24. The molecule has 0 unspecified atom stereocenters. The van der Waals surface area contributed by atoms with Gasteiger partial charge in [0.1, 0.15) is 18.1 Å². The number of benzene rings is 1. The van der Waals surface area contributed by atoms with Gasteiger partial charge < -0.3 is 14.8 Å². The van der Waals surface area contributed by atoms with Crippen LogP contribution in [0.5, 0.6) is 11.5 Å². The molecule has 0 spiro atoms. The Balaban J connectivity index is 1.43. The van der Waals surface area contributed by atoms with Gasteiger partial charge in [-0.3, -0.25) is 15.0 Å². The van der Waals surface area contributed by atoms with Gasteiger partial charge in [-0.25, -0.2) is 5.48 Å². The molecule has 146 valence electrons. The number of carbonyl (C=O) groups is 1. The normalized spacial score (nSPS) is 10.5. The highest BCUT2D eigenvalue weighted by atomic mass is 32.1. The maximum atomic E-state index is 11.4.